The lowest BCUT2D eigenvalue weighted by Gasteiger charge is -2.35. The molecule has 0 aliphatic carbocycles. The molecule has 0 aromatic heterocycles. The second-order valence-corrected chi connectivity index (χ2v) is 11.5. The summed E-state index contributed by atoms with van der Waals surface area (Å²) in [5, 5.41) is 5.71. The predicted octanol–water partition coefficient (Wildman–Crippen LogP) is 5.47. The Balaban J connectivity index is 2.60. The Morgan fingerprint density at radius 1 is 0.927 bits per heavy atom. The van der Waals surface area contributed by atoms with E-state index in [2.05, 4.69) is 17.6 Å². The first-order valence-corrected chi connectivity index (χ1v) is 14.3. The SMILES string of the molecule is CCCCCN(C(=O)C(CCC(N)=O)NC(=O)OC(C)(C)C)C(C(=O)Nc1c(C)cccc1C)c1ccccc1C. The minimum absolute atomic E-state index is 0.0311. The number of hydrogen-bond acceptors (Lipinski definition) is 5. The van der Waals surface area contributed by atoms with Crippen LogP contribution in [0.25, 0.3) is 0 Å². The molecule has 0 saturated heterocycles. The molecule has 9 nitrogen and oxygen atoms in total. The molecule has 0 fully saturated rings. The highest BCUT2D eigenvalue weighted by atomic mass is 16.6. The predicted molar refractivity (Wildman–Crippen MR) is 161 cm³/mol. The van der Waals surface area contributed by atoms with E-state index in [1.54, 1.807) is 20.8 Å². The van der Waals surface area contributed by atoms with Crippen LogP contribution >= 0.6 is 0 Å². The van der Waals surface area contributed by atoms with Gasteiger partial charge < -0.3 is 26.0 Å². The number of alkyl carbamates (subject to hydrolysis) is 1. The van der Waals surface area contributed by atoms with Crippen molar-refractivity contribution in [3.05, 3.63) is 64.7 Å². The molecule has 0 aliphatic rings. The topological polar surface area (TPSA) is 131 Å². The number of ether oxygens (including phenoxy) is 1. The van der Waals surface area contributed by atoms with Crippen LogP contribution in [0.2, 0.25) is 0 Å². The van der Waals surface area contributed by atoms with Crippen LogP contribution in [0.15, 0.2) is 42.5 Å². The summed E-state index contributed by atoms with van der Waals surface area (Å²) in [6, 6.07) is 11.1. The van der Waals surface area contributed by atoms with Gasteiger partial charge in [0.05, 0.1) is 0 Å². The van der Waals surface area contributed by atoms with E-state index in [1.165, 1.54) is 4.90 Å². The Bertz CT molecular complexity index is 1200. The van der Waals surface area contributed by atoms with Gasteiger partial charge in [0.1, 0.15) is 17.7 Å². The second kappa shape index (κ2) is 15.2. The van der Waals surface area contributed by atoms with Gasteiger partial charge in [0.2, 0.25) is 11.8 Å². The lowest BCUT2D eigenvalue weighted by Crippen LogP contribution is -2.53. The molecule has 0 aliphatic heterocycles. The van der Waals surface area contributed by atoms with Gasteiger partial charge in [-0.25, -0.2) is 4.79 Å². The van der Waals surface area contributed by atoms with Crippen molar-refractivity contribution >= 4 is 29.5 Å². The molecule has 9 heteroatoms. The molecule has 4 N–H and O–H groups in total. The van der Waals surface area contributed by atoms with E-state index in [9.17, 15) is 19.2 Å². The molecule has 0 bridgehead atoms. The molecule has 224 valence electrons. The highest BCUT2D eigenvalue weighted by Gasteiger charge is 2.37. The molecule has 0 spiro atoms. The molecule has 2 aromatic carbocycles. The summed E-state index contributed by atoms with van der Waals surface area (Å²) in [5.41, 5.74) is 8.62. The Hall–Kier alpha value is -3.88. The molecule has 41 heavy (non-hydrogen) atoms. The zero-order valence-electron chi connectivity index (χ0n) is 25.5. The van der Waals surface area contributed by atoms with Crippen LogP contribution in [0.5, 0.6) is 0 Å². The number of benzene rings is 2. The Labute approximate surface area is 244 Å². The number of aryl methyl sites for hydroxylation is 3. The van der Waals surface area contributed by atoms with Crippen molar-refractivity contribution in [2.75, 3.05) is 11.9 Å². The van der Waals surface area contributed by atoms with E-state index < -0.39 is 35.6 Å². The van der Waals surface area contributed by atoms with Crippen molar-refractivity contribution in [2.24, 2.45) is 5.73 Å². The number of amides is 4. The monoisotopic (exact) mass is 566 g/mol. The largest absolute Gasteiger partial charge is 0.444 e. The maximum atomic E-state index is 14.3. The zero-order chi connectivity index (χ0) is 30.7. The molecule has 0 heterocycles. The van der Waals surface area contributed by atoms with Crippen LogP contribution in [0.1, 0.15) is 88.1 Å². The van der Waals surface area contributed by atoms with Gasteiger partial charge >= 0.3 is 6.09 Å². The lowest BCUT2D eigenvalue weighted by atomic mass is 9.96. The van der Waals surface area contributed by atoms with Gasteiger partial charge in [-0.1, -0.05) is 62.2 Å². The first kappa shape index (κ1) is 33.3. The fourth-order valence-electron chi connectivity index (χ4n) is 4.64. The van der Waals surface area contributed by atoms with Crippen molar-refractivity contribution < 1.29 is 23.9 Å². The molecule has 0 saturated carbocycles. The summed E-state index contributed by atoms with van der Waals surface area (Å²) in [7, 11) is 0. The van der Waals surface area contributed by atoms with Crippen molar-refractivity contribution in [3.63, 3.8) is 0 Å². The van der Waals surface area contributed by atoms with Gasteiger partial charge in [0.25, 0.3) is 5.91 Å². The number of nitrogens with zero attached hydrogens (tertiary/aromatic N) is 1. The normalized spacial score (nSPS) is 12.7. The number of para-hydroxylation sites is 1. The van der Waals surface area contributed by atoms with Crippen molar-refractivity contribution in [2.45, 2.75) is 98.3 Å². The van der Waals surface area contributed by atoms with E-state index in [4.69, 9.17) is 10.5 Å². The van der Waals surface area contributed by atoms with E-state index in [-0.39, 0.29) is 25.3 Å². The van der Waals surface area contributed by atoms with Crippen molar-refractivity contribution in [3.8, 4) is 0 Å². The van der Waals surface area contributed by atoms with Crippen LogP contribution in [-0.4, -0.2) is 46.9 Å². The van der Waals surface area contributed by atoms with Gasteiger partial charge in [-0.2, -0.15) is 0 Å². The third-order valence-corrected chi connectivity index (χ3v) is 6.73. The van der Waals surface area contributed by atoms with Gasteiger partial charge in [0.15, 0.2) is 0 Å². The molecule has 4 amide bonds. The maximum absolute atomic E-state index is 14.3. The molecule has 2 aromatic rings. The number of carbonyl (C=O) groups is 4. The summed E-state index contributed by atoms with van der Waals surface area (Å²) >= 11 is 0. The van der Waals surface area contributed by atoms with Crippen LogP contribution in [0, 0.1) is 20.8 Å². The van der Waals surface area contributed by atoms with E-state index in [1.807, 2.05) is 63.2 Å². The average molecular weight is 567 g/mol. The second-order valence-electron chi connectivity index (χ2n) is 11.5. The Kier molecular flexibility index (Phi) is 12.4. The smallest absolute Gasteiger partial charge is 0.408 e. The summed E-state index contributed by atoms with van der Waals surface area (Å²) in [6.07, 6.45) is 1.45. The van der Waals surface area contributed by atoms with Crippen molar-refractivity contribution in [1.29, 1.82) is 0 Å². The Morgan fingerprint density at radius 2 is 1.54 bits per heavy atom. The fraction of sp³-hybridized carbons (Fsp3) is 0.500. The number of nitrogens with two attached hydrogens (primary N) is 1. The number of nitrogens with one attached hydrogen (secondary N) is 2. The van der Waals surface area contributed by atoms with Crippen molar-refractivity contribution in [1.82, 2.24) is 10.2 Å². The van der Waals surface area contributed by atoms with Gasteiger partial charge in [-0.3, -0.25) is 14.4 Å². The number of carbonyl (C=O) groups excluding carboxylic acids is 4. The zero-order valence-corrected chi connectivity index (χ0v) is 25.5. The number of primary amides is 1. The summed E-state index contributed by atoms with van der Waals surface area (Å²) in [6.45, 7) is 13.2. The first-order valence-electron chi connectivity index (χ1n) is 14.3. The third-order valence-electron chi connectivity index (χ3n) is 6.73. The third kappa shape index (κ3) is 10.2. The Morgan fingerprint density at radius 3 is 2.10 bits per heavy atom. The van der Waals surface area contributed by atoms with E-state index in [0.717, 1.165) is 29.5 Å². The number of anilines is 1. The highest BCUT2D eigenvalue weighted by Crippen LogP contribution is 2.29. The standard InChI is InChI=1S/C32H46N4O5/c1-8-9-12-20-36(30(39)25(18-19-26(33)37)34-31(40)41-32(5,6)7)28(24-17-11-10-14-21(24)2)29(38)35-27-22(3)15-13-16-23(27)4/h10-11,13-17,25,28H,8-9,12,18-20H2,1-7H3,(H2,33,37)(H,34,40)(H,35,38). The summed E-state index contributed by atoms with van der Waals surface area (Å²) < 4.78 is 5.40. The van der Waals surface area contributed by atoms with E-state index in [0.29, 0.717) is 17.7 Å². The fourth-order valence-corrected chi connectivity index (χ4v) is 4.64. The lowest BCUT2D eigenvalue weighted by molar-refractivity contribution is -0.141. The molecule has 2 rings (SSSR count). The van der Waals surface area contributed by atoms with Crippen LogP contribution in [0.3, 0.4) is 0 Å². The maximum Gasteiger partial charge on any atom is 0.408 e. The molecular weight excluding hydrogens is 520 g/mol. The number of rotatable bonds is 13. The van der Waals surface area contributed by atoms with Crippen LogP contribution in [-0.2, 0) is 19.1 Å². The van der Waals surface area contributed by atoms with Gasteiger partial charge in [0, 0.05) is 18.7 Å². The molecule has 2 atom stereocenters. The average Bonchev–Trinajstić information content (AvgIpc) is 2.87. The quantitative estimate of drug-likeness (QED) is 0.277. The van der Waals surface area contributed by atoms with Gasteiger partial charge in [-0.05, 0) is 76.6 Å². The summed E-state index contributed by atoms with van der Waals surface area (Å²) in [4.78, 5) is 54.4. The van der Waals surface area contributed by atoms with E-state index >= 15 is 0 Å². The van der Waals surface area contributed by atoms with Crippen LogP contribution < -0.4 is 16.4 Å². The number of hydrogen-bond donors (Lipinski definition) is 3. The number of unbranched alkanes of at least 4 members (excludes halogenated alkanes) is 2. The first-order chi connectivity index (χ1) is 19.2. The molecular formula is C32H46N4O5. The minimum Gasteiger partial charge on any atom is -0.444 e. The highest BCUT2D eigenvalue weighted by molar-refractivity contribution is 6.00. The summed E-state index contributed by atoms with van der Waals surface area (Å²) in [5.74, 6) is -1.46. The van der Waals surface area contributed by atoms with Crippen LogP contribution in [0.4, 0.5) is 10.5 Å². The molecule has 0 radical (unpaired) electrons. The molecule has 2 unspecified atom stereocenters. The minimum atomic E-state index is -1.13. The van der Waals surface area contributed by atoms with Gasteiger partial charge in [-0.15, -0.1) is 0 Å².